The third kappa shape index (κ3) is 5.19. The van der Waals surface area contributed by atoms with Gasteiger partial charge in [-0.3, -0.25) is 4.79 Å². The highest BCUT2D eigenvalue weighted by Crippen LogP contribution is 2.10. The van der Waals surface area contributed by atoms with Crippen LogP contribution in [-0.2, 0) is 14.8 Å². The van der Waals surface area contributed by atoms with Gasteiger partial charge in [0.25, 0.3) is 0 Å². The second kappa shape index (κ2) is 7.78. The number of rotatable bonds is 5. The summed E-state index contributed by atoms with van der Waals surface area (Å²) >= 11 is 0. The number of hydrogen-bond donors (Lipinski definition) is 3. The van der Waals surface area contributed by atoms with E-state index in [1.807, 2.05) is 0 Å². The van der Waals surface area contributed by atoms with E-state index in [0.717, 1.165) is 0 Å². The van der Waals surface area contributed by atoms with E-state index >= 15 is 0 Å². The number of aliphatic hydroxyl groups excluding tert-OH is 1. The van der Waals surface area contributed by atoms with Crippen molar-refractivity contribution in [2.45, 2.75) is 24.3 Å². The van der Waals surface area contributed by atoms with Crippen molar-refractivity contribution in [2.75, 3.05) is 13.7 Å². The molecule has 6 nitrogen and oxygen atoms in total. The van der Waals surface area contributed by atoms with Crippen molar-refractivity contribution >= 4 is 15.9 Å². The number of benzene rings is 1. The Labute approximate surface area is 124 Å². The highest BCUT2D eigenvalue weighted by atomic mass is 32.2. The lowest BCUT2D eigenvalue weighted by molar-refractivity contribution is -0.121. The van der Waals surface area contributed by atoms with Crippen LogP contribution >= 0.6 is 0 Å². The molecule has 0 saturated carbocycles. The molecule has 0 aliphatic carbocycles. The molecule has 0 bridgehead atoms. The van der Waals surface area contributed by atoms with Crippen molar-refractivity contribution in [3.63, 3.8) is 0 Å². The van der Waals surface area contributed by atoms with Crippen LogP contribution in [0.4, 0.5) is 0 Å². The van der Waals surface area contributed by atoms with Gasteiger partial charge in [-0.25, -0.2) is 8.42 Å². The van der Waals surface area contributed by atoms with Gasteiger partial charge in [-0.1, -0.05) is 11.8 Å². The minimum atomic E-state index is -3.76. The standard InChI is InChI=1S/C14H18N2O4S/c1-11(14(18)15-2)16-21(19,20)13-8-6-12(7-9-13)5-3-4-10-17/h6-9,11,16-17H,4,10H2,1-2H3,(H,15,18). The number of carbonyl (C=O) groups excluding carboxylic acids is 1. The molecule has 1 amide bonds. The molecule has 1 rings (SSSR count). The topological polar surface area (TPSA) is 95.5 Å². The lowest BCUT2D eigenvalue weighted by Crippen LogP contribution is -2.43. The van der Waals surface area contributed by atoms with Crippen molar-refractivity contribution in [1.29, 1.82) is 0 Å². The normalized spacial score (nSPS) is 12.1. The SMILES string of the molecule is CNC(=O)C(C)NS(=O)(=O)c1ccc(C#CCCO)cc1. The molecule has 0 aliphatic rings. The largest absolute Gasteiger partial charge is 0.395 e. The van der Waals surface area contributed by atoms with Gasteiger partial charge >= 0.3 is 0 Å². The lowest BCUT2D eigenvalue weighted by atomic mass is 10.2. The molecule has 1 unspecified atom stereocenters. The van der Waals surface area contributed by atoms with Gasteiger partial charge in [-0.15, -0.1) is 0 Å². The van der Waals surface area contributed by atoms with E-state index in [2.05, 4.69) is 21.9 Å². The van der Waals surface area contributed by atoms with Crippen LogP contribution in [0, 0.1) is 11.8 Å². The first kappa shape index (κ1) is 17.2. The average molecular weight is 310 g/mol. The molecule has 0 aromatic heterocycles. The third-order valence-electron chi connectivity index (χ3n) is 2.61. The number of hydrogen-bond acceptors (Lipinski definition) is 4. The van der Waals surface area contributed by atoms with Crippen LogP contribution in [0.15, 0.2) is 29.2 Å². The Morgan fingerprint density at radius 3 is 2.48 bits per heavy atom. The molecule has 1 aromatic rings. The summed E-state index contributed by atoms with van der Waals surface area (Å²) in [5.74, 6) is 5.14. The first-order valence-electron chi connectivity index (χ1n) is 6.34. The lowest BCUT2D eigenvalue weighted by Gasteiger charge is -2.12. The molecular weight excluding hydrogens is 292 g/mol. The molecule has 0 radical (unpaired) electrons. The molecule has 0 fully saturated rings. The predicted octanol–water partition coefficient (Wildman–Crippen LogP) is -0.167. The van der Waals surface area contributed by atoms with Crippen molar-refractivity contribution in [2.24, 2.45) is 0 Å². The maximum atomic E-state index is 12.1. The predicted molar refractivity (Wildman–Crippen MR) is 78.9 cm³/mol. The van der Waals surface area contributed by atoms with Crippen molar-refractivity contribution in [3.05, 3.63) is 29.8 Å². The minimum Gasteiger partial charge on any atom is -0.395 e. The monoisotopic (exact) mass is 310 g/mol. The van der Waals surface area contributed by atoms with Crippen LogP contribution in [0.5, 0.6) is 0 Å². The summed E-state index contributed by atoms with van der Waals surface area (Å²) in [7, 11) is -2.32. The van der Waals surface area contributed by atoms with E-state index in [0.29, 0.717) is 12.0 Å². The molecule has 3 N–H and O–H groups in total. The fourth-order valence-electron chi connectivity index (χ4n) is 1.51. The fourth-order valence-corrected chi connectivity index (χ4v) is 2.71. The smallest absolute Gasteiger partial charge is 0.241 e. The third-order valence-corrected chi connectivity index (χ3v) is 4.16. The van der Waals surface area contributed by atoms with Crippen LogP contribution in [-0.4, -0.2) is 39.1 Å². The number of amides is 1. The van der Waals surface area contributed by atoms with Gasteiger partial charge in [0.2, 0.25) is 15.9 Å². The molecule has 1 aromatic carbocycles. The summed E-state index contributed by atoms with van der Waals surface area (Å²) in [5, 5.41) is 11.0. The zero-order valence-corrected chi connectivity index (χ0v) is 12.7. The molecule has 0 spiro atoms. The summed E-state index contributed by atoms with van der Waals surface area (Å²) in [6.07, 6.45) is 0.366. The van der Waals surface area contributed by atoms with Gasteiger partial charge < -0.3 is 10.4 Å². The van der Waals surface area contributed by atoms with Gasteiger partial charge in [0, 0.05) is 19.0 Å². The van der Waals surface area contributed by atoms with E-state index in [1.165, 1.54) is 26.1 Å². The molecule has 1 atom stereocenters. The van der Waals surface area contributed by atoms with Crippen LogP contribution in [0.25, 0.3) is 0 Å². The number of carbonyl (C=O) groups is 1. The van der Waals surface area contributed by atoms with E-state index in [1.54, 1.807) is 12.1 Å². The van der Waals surface area contributed by atoms with Crippen molar-refractivity contribution < 1.29 is 18.3 Å². The van der Waals surface area contributed by atoms with Gasteiger partial charge in [-0.05, 0) is 31.2 Å². The molecule has 0 heterocycles. The fraction of sp³-hybridized carbons (Fsp3) is 0.357. The van der Waals surface area contributed by atoms with E-state index in [4.69, 9.17) is 5.11 Å². The Morgan fingerprint density at radius 1 is 1.33 bits per heavy atom. The van der Waals surface area contributed by atoms with Gasteiger partial charge in [-0.2, -0.15) is 4.72 Å². The zero-order valence-electron chi connectivity index (χ0n) is 11.9. The number of likely N-dealkylation sites (N-methyl/N-ethyl adjacent to an activating group) is 1. The van der Waals surface area contributed by atoms with Crippen molar-refractivity contribution in [1.82, 2.24) is 10.0 Å². The molecular formula is C14H18N2O4S. The summed E-state index contributed by atoms with van der Waals surface area (Å²) in [6, 6.07) is 5.13. The van der Waals surface area contributed by atoms with E-state index in [9.17, 15) is 13.2 Å². The summed E-state index contributed by atoms with van der Waals surface area (Å²) < 4.78 is 26.4. The first-order valence-corrected chi connectivity index (χ1v) is 7.82. The van der Waals surface area contributed by atoms with Crippen LogP contribution in [0.3, 0.4) is 0 Å². The number of sulfonamides is 1. The Balaban J connectivity index is 2.86. The summed E-state index contributed by atoms with van der Waals surface area (Å²) in [6.45, 7) is 1.45. The summed E-state index contributed by atoms with van der Waals surface area (Å²) in [5.41, 5.74) is 0.654. The Hall–Kier alpha value is -1.88. The molecule has 0 saturated heterocycles. The highest BCUT2D eigenvalue weighted by molar-refractivity contribution is 7.89. The van der Waals surface area contributed by atoms with E-state index < -0.39 is 22.0 Å². The quantitative estimate of drug-likeness (QED) is 0.658. The highest BCUT2D eigenvalue weighted by Gasteiger charge is 2.20. The second-order valence-electron chi connectivity index (χ2n) is 4.26. The van der Waals surface area contributed by atoms with Gasteiger partial charge in [0.05, 0.1) is 17.5 Å². The molecule has 0 aliphatic heterocycles. The Kier molecular flexibility index (Phi) is 6.37. The Morgan fingerprint density at radius 2 is 1.95 bits per heavy atom. The first-order chi connectivity index (χ1) is 9.90. The zero-order chi connectivity index (χ0) is 15.9. The maximum absolute atomic E-state index is 12.1. The average Bonchev–Trinajstić information content (AvgIpc) is 2.46. The number of nitrogens with one attached hydrogen (secondary N) is 2. The second-order valence-corrected chi connectivity index (χ2v) is 5.97. The van der Waals surface area contributed by atoms with E-state index in [-0.39, 0.29) is 11.5 Å². The van der Waals surface area contributed by atoms with Crippen LogP contribution in [0.1, 0.15) is 18.9 Å². The maximum Gasteiger partial charge on any atom is 0.241 e. The van der Waals surface area contributed by atoms with Crippen molar-refractivity contribution in [3.8, 4) is 11.8 Å². The molecule has 21 heavy (non-hydrogen) atoms. The van der Waals surface area contributed by atoms with Gasteiger partial charge in [0.1, 0.15) is 0 Å². The summed E-state index contributed by atoms with van der Waals surface area (Å²) in [4.78, 5) is 11.4. The van der Waals surface area contributed by atoms with Crippen LogP contribution in [0.2, 0.25) is 0 Å². The van der Waals surface area contributed by atoms with Crippen LogP contribution < -0.4 is 10.0 Å². The van der Waals surface area contributed by atoms with Gasteiger partial charge in [0.15, 0.2) is 0 Å². The number of aliphatic hydroxyl groups is 1. The Bertz CT molecular complexity index is 642. The minimum absolute atomic E-state index is 0.0131. The molecule has 114 valence electrons. The molecule has 7 heteroatoms.